The summed E-state index contributed by atoms with van der Waals surface area (Å²) >= 11 is 0. The van der Waals surface area contributed by atoms with Gasteiger partial charge in [-0.2, -0.15) is 5.10 Å². The third-order valence-corrected chi connectivity index (χ3v) is 4.72. The summed E-state index contributed by atoms with van der Waals surface area (Å²) in [5, 5.41) is 10.1. The Kier molecular flexibility index (Phi) is 5.25. The summed E-state index contributed by atoms with van der Waals surface area (Å²) in [5.74, 6) is -0.429. The molecule has 0 saturated carbocycles. The molecule has 2 aromatic heterocycles. The highest BCUT2D eigenvalue weighted by molar-refractivity contribution is 5.76. The largest absolute Gasteiger partial charge is 0.420 e. The van der Waals surface area contributed by atoms with Gasteiger partial charge in [0.2, 0.25) is 5.91 Å². The average Bonchev–Trinajstić information content (AvgIpc) is 3.11. The first-order valence-corrected chi connectivity index (χ1v) is 8.87. The Morgan fingerprint density at radius 3 is 2.81 bits per heavy atom. The first-order valence-electron chi connectivity index (χ1n) is 8.87. The van der Waals surface area contributed by atoms with Crippen molar-refractivity contribution in [1.82, 2.24) is 20.1 Å². The minimum absolute atomic E-state index is 0.0299. The van der Waals surface area contributed by atoms with E-state index in [1.165, 1.54) is 0 Å². The molecule has 1 atom stereocenters. The molecule has 0 radical (unpaired) electrons. The fourth-order valence-electron chi connectivity index (χ4n) is 3.16. The predicted molar refractivity (Wildman–Crippen MR) is 99.1 cm³/mol. The van der Waals surface area contributed by atoms with Crippen LogP contribution in [-0.2, 0) is 17.8 Å². The molecule has 7 nitrogen and oxygen atoms in total. The number of para-hydroxylation sites is 2. The maximum Gasteiger partial charge on any atom is 0.420 e. The molecule has 0 unspecified atom stereocenters. The van der Waals surface area contributed by atoms with Crippen molar-refractivity contribution in [3.8, 4) is 0 Å². The van der Waals surface area contributed by atoms with Crippen molar-refractivity contribution in [3.63, 3.8) is 0 Å². The Balaban J connectivity index is 1.64. The lowest BCUT2D eigenvalue weighted by Gasteiger charge is -2.17. The number of benzene rings is 1. The predicted octanol–water partition coefficient (Wildman–Crippen LogP) is 2.46. The highest BCUT2D eigenvalue weighted by atomic mass is 16.4. The molecular formula is C19H24N4O3. The van der Waals surface area contributed by atoms with Crippen molar-refractivity contribution in [2.24, 2.45) is 0 Å². The number of nitrogens with zero attached hydrogens (tertiary/aromatic N) is 2. The van der Waals surface area contributed by atoms with Gasteiger partial charge in [0, 0.05) is 24.7 Å². The van der Waals surface area contributed by atoms with Crippen LogP contribution in [0.25, 0.3) is 11.1 Å². The van der Waals surface area contributed by atoms with Crippen molar-refractivity contribution in [3.05, 3.63) is 51.8 Å². The third-order valence-electron chi connectivity index (χ3n) is 4.72. The second-order valence-electron chi connectivity index (χ2n) is 6.53. The molecule has 0 aliphatic carbocycles. The quantitative estimate of drug-likeness (QED) is 0.680. The van der Waals surface area contributed by atoms with Crippen molar-refractivity contribution in [2.45, 2.75) is 52.6 Å². The van der Waals surface area contributed by atoms with E-state index in [9.17, 15) is 9.59 Å². The van der Waals surface area contributed by atoms with Crippen LogP contribution in [-0.4, -0.2) is 26.7 Å². The number of aryl methyl sites for hydroxylation is 2. The molecule has 2 N–H and O–H groups in total. The van der Waals surface area contributed by atoms with E-state index >= 15 is 0 Å². The number of nitrogens with one attached hydrogen (secondary N) is 2. The molecule has 138 valence electrons. The highest BCUT2D eigenvalue weighted by Gasteiger charge is 2.16. The Bertz CT molecular complexity index is 947. The normalized spacial score (nSPS) is 12.4. The van der Waals surface area contributed by atoms with Gasteiger partial charge in [-0.1, -0.05) is 19.1 Å². The van der Waals surface area contributed by atoms with Gasteiger partial charge in [0.05, 0.1) is 11.2 Å². The van der Waals surface area contributed by atoms with Gasteiger partial charge in [0.25, 0.3) is 0 Å². The van der Waals surface area contributed by atoms with Crippen molar-refractivity contribution < 1.29 is 9.21 Å². The Hall–Kier alpha value is -2.83. The molecule has 1 aromatic carbocycles. The molecule has 3 rings (SSSR count). The number of fused-ring (bicyclic) bond motifs is 1. The van der Waals surface area contributed by atoms with E-state index in [0.29, 0.717) is 25.0 Å². The number of H-pyrrole nitrogens is 1. The number of aromatic amines is 1. The molecule has 1 amide bonds. The molecule has 0 aliphatic rings. The molecule has 26 heavy (non-hydrogen) atoms. The van der Waals surface area contributed by atoms with E-state index in [-0.39, 0.29) is 11.9 Å². The van der Waals surface area contributed by atoms with Crippen molar-refractivity contribution in [1.29, 1.82) is 0 Å². The highest BCUT2D eigenvalue weighted by Crippen LogP contribution is 2.14. The summed E-state index contributed by atoms with van der Waals surface area (Å²) in [6, 6.07) is 7.17. The molecule has 7 heteroatoms. The molecule has 0 bridgehead atoms. The molecule has 3 aromatic rings. The number of hydrogen-bond donors (Lipinski definition) is 2. The maximum atomic E-state index is 12.4. The van der Waals surface area contributed by atoms with Gasteiger partial charge in [-0.3, -0.25) is 14.5 Å². The van der Waals surface area contributed by atoms with Crippen molar-refractivity contribution in [2.75, 3.05) is 0 Å². The van der Waals surface area contributed by atoms with Gasteiger partial charge in [0.15, 0.2) is 5.58 Å². The maximum absolute atomic E-state index is 12.4. The van der Waals surface area contributed by atoms with Crippen LogP contribution in [0.4, 0.5) is 0 Å². The smallest absolute Gasteiger partial charge is 0.408 e. The zero-order chi connectivity index (χ0) is 18.7. The lowest BCUT2D eigenvalue weighted by atomic mass is 10.1. The fourth-order valence-corrected chi connectivity index (χ4v) is 3.16. The molecule has 0 aliphatic heterocycles. The number of amides is 1. The van der Waals surface area contributed by atoms with Gasteiger partial charge in [0.1, 0.15) is 0 Å². The topological polar surface area (TPSA) is 92.9 Å². The van der Waals surface area contributed by atoms with E-state index in [1.807, 2.05) is 39.0 Å². The number of hydrogen-bond acceptors (Lipinski definition) is 4. The number of aromatic nitrogens is 3. The molecule has 0 saturated heterocycles. The zero-order valence-electron chi connectivity index (χ0n) is 15.3. The van der Waals surface area contributed by atoms with Gasteiger partial charge in [-0.15, -0.1) is 0 Å². The molecule has 0 spiro atoms. The van der Waals surface area contributed by atoms with E-state index in [0.717, 1.165) is 28.9 Å². The standard InChI is InChI=1S/C19H24N4O3/c1-4-14(11-23-16-7-5-6-8-17(16)26-19(23)25)20-18(24)10-9-15-12(2)21-22-13(15)3/h5-8,14H,4,9-11H2,1-3H3,(H,20,24)(H,21,22)/t14-/m1/s1. The lowest BCUT2D eigenvalue weighted by Crippen LogP contribution is -2.39. The van der Waals surface area contributed by atoms with E-state index in [2.05, 4.69) is 15.5 Å². The van der Waals surface area contributed by atoms with Gasteiger partial charge < -0.3 is 9.73 Å². The summed E-state index contributed by atoms with van der Waals surface area (Å²) in [4.78, 5) is 24.5. The minimum Gasteiger partial charge on any atom is -0.408 e. The monoisotopic (exact) mass is 356 g/mol. The first kappa shape index (κ1) is 18.0. The summed E-state index contributed by atoms with van der Waals surface area (Å²) < 4.78 is 6.83. The average molecular weight is 356 g/mol. The van der Waals surface area contributed by atoms with Crippen LogP contribution in [0.5, 0.6) is 0 Å². The minimum atomic E-state index is -0.399. The Morgan fingerprint density at radius 2 is 2.12 bits per heavy atom. The summed E-state index contributed by atoms with van der Waals surface area (Å²) in [5.41, 5.74) is 4.32. The molecular weight excluding hydrogens is 332 g/mol. The van der Waals surface area contributed by atoms with Gasteiger partial charge >= 0.3 is 5.76 Å². The van der Waals surface area contributed by atoms with Crippen LogP contribution in [0.1, 0.15) is 36.7 Å². The van der Waals surface area contributed by atoms with Crippen LogP contribution in [0.2, 0.25) is 0 Å². The van der Waals surface area contributed by atoms with Crippen LogP contribution in [0, 0.1) is 13.8 Å². The van der Waals surface area contributed by atoms with Crippen LogP contribution in [0.15, 0.2) is 33.5 Å². The summed E-state index contributed by atoms with van der Waals surface area (Å²) in [7, 11) is 0. The number of carbonyl (C=O) groups is 1. The number of carbonyl (C=O) groups excluding carboxylic acids is 1. The van der Waals surface area contributed by atoms with E-state index in [1.54, 1.807) is 10.6 Å². The number of rotatable bonds is 7. The third kappa shape index (κ3) is 3.71. The van der Waals surface area contributed by atoms with E-state index < -0.39 is 5.76 Å². The Morgan fingerprint density at radius 1 is 1.35 bits per heavy atom. The zero-order valence-corrected chi connectivity index (χ0v) is 15.3. The lowest BCUT2D eigenvalue weighted by molar-refractivity contribution is -0.121. The summed E-state index contributed by atoms with van der Waals surface area (Å²) in [6.07, 6.45) is 1.76. The second-order valence-corrected chi connectivity index (χ2v) is 6.53. The van der Waals surface area contributed by atoms with Crippen molar-refractivity contribution >= 4 is 17.0 Å². The number of oxazole rings is 1. The summed E-state index contributed by atoms with van der Waals surface area (Å²) in [6.45, 7) is 6.27. The second kappa shape index (κ2) is 7.59. The first-order chi connectivity index (χ1) is 12.5. The molecule has 0 fully saturated rings. The van der Waals surface area contributed by atoms with Gasteiger partial charge in [-0.05, 0) is 44.4 Å². The SMILES string of the molecule is CC[C@H](Cn1c(=O)oc2ccccc21)NC(=O)CCc1c(C)n[nH]c1C. The molecule has 2 heterocycles. The fraction of sp³-hybridized carbons (Fsp3) is 0.421. The van der Waals surface area contributed by atoms with E-state index in [4.69, 9.17) is 4.42 Å². The van der Waals surface area contributed by atoms with Crippen LogP contribution < -0.4 is 11.1 Å². The van der Waals surface area contributed by atoms with Crippen LogP contribution >= 0.6 is 0 Å². The van der Waals surface area contributed by atoms with Gasteiger partial charge in [-0.25, -0.2) is 4.79 Å². The van der Waals surface area contributed by atoms with Crippen LogP contribution in [0.3, 0.4) is 0 Å². The Labute approximate surface area is 151 Å².